The van der Waals surface area contributed by atoms with E-state index in [1.807, 2.05) is 56.8 Å². The Kier molecular flexibility index (Phi) is 5.24. The van der Waals surface area contributed by atoms with Crippen molar-refractivity contribution >= 4 is 17.5 Å². The number of amides is 1. The van der Waals surface area contributed by atoms with Crippen LogP contribution in [0.25, 0.3) is 0 Å². The first-order valence-electron chi connectivity index (χ1n) is 7.42. The summed E-state index contributed by atoms with van der Waals surface area (Å²) < 4.78 is 1.86. The minimum atomic E-state index is -0.0534. The van der Waals surface area contributed by atoms with E-state index in [1.54, 1.807) is 0 Å². The molecule has 1 N–H and O–H groups in total. The van der Waals surface area contributed by atoms with Crippen LogP contribution in [0.2, 0.25) is 5.02 Å². The zero-order chi connectivity index (χ0) is 16.3. The molecule has 2 rings (SSSR count). The Labute approximate surface area is 136 Å². The van der Waals surface area contributed by atoms with E-state index in [-0.39, 0.29) is 11.9 Å². The Balaban J connectivity index is 1.93. The van der Waals surface area contributed by atoms with E-state index >= 15 is 0 Å². The van der Waals surface area contributed by atoms with Gasteiger partial charge in [0.15, 0.2) is 0 Å². The van der Waals surface area contributed by atoms with Gasteiger partial charge in [-0.1, -0.05) is 23.7 Å². The molecule has 0 aliphatic carbocycles. The topological polar surface area (TPSA) is 46.9 Å². The second kappa shape index (κ2) is 6.97. The Hall–Kier alpha value is -1.81. The SMILES string of the molecule is Cc1nn(C)c(C)c1CCC(=O)NC(C)c1cccc(Cl)c1. The summed E-state index contributed by atoms with van der Waals surface area (Å²) in [6, 6.07) is 7.51. The molecular formula is C17H22ClN3O. The van der Waals surface area contributed by atoms with Crippen LogP contribution in [0.15, 0.2) is 24.3 Å². The Morgan fingerprint density at radius 1 is 1.41 bits per heavy atom. The maximum atomic E-state index is 12.1. The fraction of sp³-hybridized carbons (Fsp3) is 0.412. The van der Waals surface area contributed by atoms with Gasteiger partial charge in [-0.05, 0) is 50.5 Å². The van der Waals surface area contributed by atoms with Crippen LogP contribution in [-0.4, -0.2) is 15.7 Å². The van der Waals surface area contributed by atoms with Crippen molar-refractivity contribution in [3.8, 4) is 0 Å². The summed E-state index contributed by atoms with van der Waals surface area (Å²) in [4.78, 5) is 12.1. The van der Waals surface area contributed by atoms with Crippen LogP contribution in [-0.2, 0) is 18.3 Å². The maximum Gasteiger partial charge on any atom is 0.220 e. The smallest absolute Gasteiger partial charge is 0.220 e. The number of rotatable bonds is 5. The minimum Gasteiger partial charge on any atom is -0.350 e. The molecule has 22 heavy (non-hydrogen) atoms. The highest BCUT2D eigenvalue weighted by Crippen LogP contribution is 2.18. The van der Waals surface area contributed by atoms with Crippen LogP contribution in [0.4, 0.5) is 0 Å². The highest BCUT2D eigenvalue weighted by molar-refractivity contribution is 6.30. The third-order valence-electron chi connectivity index (χ3n) is 3.99. The summed E-state index contributed by atoms with van der Waals surface area (Å²) in [5, 5.41) is 8.07. The molecule has 0 aliphatic rings. The van der Waals surface area contributed by atoms with Gasteiger partial charge in [-0.3, -0.25) is 9.48 Å². The molecule has 1 atom stereocenters. The van der Waals surface area contributed by atoms with Gasteiger partial charge in [-0.2, -0.15) is 5.10 Å². The monoisotopic (exact) mass is 319 g/mol. The Morgan fingerprint density at radius 3 is 2.73 bits per heavy atom. The van der Waals surface area contributed by atoms with Gasteiger partial charge in [0.05, 0.1) is 11.7 Å². The first-order valence-corrected chi connectivity index (χ1v) is 7.80. The van der Waals surface area contributed by atoms with Gasteiger partial charge in [0, 0.05) is 24.2 Å². The normalized spacial score (nSPS) is 12.2. The molecule has 4 nitrogen and oxygen atoms in total. The van der Waals surface area contributed by atoms with Crippen molar-refractivity contribution in [2.24, 2.45) is 7.05 Å². The van der Waals surface area contributed by atoms with E-state index < -0.39 is 0 Å². The van der Waals surface area contributed by atoms with Gasteiger partial charge in [0.2, 0.25) is 5.91 Å². The van der Waals surface area contributed by atoms with Crippen molar-refractivity contribution in [2.75, 3.05) is 0 Å². The average molecular weight is 320 g/mol. The number of hydrogen-bond acceptors (Lipinski definition) is 2. The molecule has 1 aromatic heterocycles. The molecule has 1 amide bonds. The lowest BCUT2D eigenvalue weighted by atomic mass is 10.1. The van der Waals surface area contributed by atoms with Gasteiger partial charge in [0.25, 0.3) is 0 Å². The molecule has 0 radical (unpaired) electrons. The van der Waals surface area contributed by atoms with Crippen molar-refractivity contribution in [3.05, 3.63) is 51.8 Å². The summed E-state index contributed by atoms with van der Waals surface area (Å²) in [7, 11) is 1.92. The standard InChI is InChI=1S/C17H22ClN3O/c1-11(14-6-5-7-15(18)10-14)19-17(22)9-8-16-12(2)20-21(4)13(16)3/h5-7,10-11H,8-9H2,1-4H3,(H,19,22). The van der Waals surface area contributed by atoms with Crippen molar-refractivity contribution in [1.82, 2.24) is 15.1 Å². The summed E-state index contributed by atoms with van der Waals surface area (Å²) in [5.41, 5.74) is 4.28. The zero-order valence-corrected chi connectivity index (χ0v) is 14.2. The molecule has 1 aromatic carbocycles. The zero-order valence-electron chi connectivity index (χ0n) is 13.5. The number of nitrogens with zero attached hydrogens (tertiary/aromatic N) is 2. The highest BCUT2D eigenvalue weighted by Gasteiger charge is 2.13. The maximum absolute atomic E-state index is 12.1. The number of benzene rings is 1. The second-order valence-electron chi connectivity index (χ2n) is 5.62. The summed E-state index contributed by atoms with van der Waals surface area (Å²) in [6.07, 6.45) is 1.16. The van der Waals surface area contributed by atoms with Gasteiger partial charge >= 0.3 is 0 Å². The predicted molar refractivity (Wildman–Crippen MR) is 89.0 cm³/mol. The number of halogens is 1. The summed E-state index contributed by atoms with van der Waals surface area (Å²) in [5.74, 6) is 0.0372. The lowest BCUT2D eigenvalue weighted by Gasteiger charge is -2.14. The fourth-order valence-corrected chi connectivity index (χ4v) is 2.79. The molecular weight excluding hydrogens is 298 g/mol. The lowest BCUT2D eigenvalue weighted by molar-refractivity contribution is -0.121. The predicted octanol–water partition coefficient (Wildman–Crippen LogP) is 3.50. The summed E-state index contributed by atoms with van der Waals surface area (Å²) in [6.45, 7) is 5.97. The lowest BCUT2D eigenvalue weighted by Crippen LogP contribution is -2.26. The molecule has 0 fully saturated rings. The number of carbonyl (C=O) groups excluding carboxylic acids is 1. The number of hydrogen-bond donors (Lipinski definition) is 1. The molecule has 1 heterocycles. The third-order valence-corrected chi connectivity index (χ3v) is 4.22. The van der Waals surface area contributed by atoms with Crippen molar-refractivity contribution in [1.29, 1.82) is 0 Å². The summed E-state index contributed by atoms with van der Waals surface area (Å²) >= 11 is 5.98. The van der Waals surface area contributed by atoms with Crippen LogP contribution < -0.4 is 5.32 Å². The van der Waals surface area contributed by atoms with E-state index in [1.165, 1.54) is 0 Å². The van der Waals surface area contributed by atoms with Crippen LogP contribution >= 0.6 is 11.6 Å². The van der Waals surface area contributed by atoms with Crippen LogP contribution in [0.3, 0.4) is 0 Å². The van der Waals surface area contributed by atoms with Gasteiger partial charge in [0.1, 0.15) is 0 Å². The quantitative estimate of drug-likeness (QED) is 0.917. The van der Waals surface area contributed by atoms with E-state index in [2.05, 4.69) is 10.4 Å². The second-order valence-corrected chi connectivity index (χ2v) is 6.05. The minimum absolute atomic E-state index is 0.0372. The highest BCUT2D eigenvalue weighted by atomic mass is 35.5. The molecule has 0 aliphatic heterocycles. The molecule has 0 spiro atoms. The molecule has 118 valence electrons. The van der Waals surface area contributed by atoms with Gasteiger partial charge in [-0.25, -0.2) is 0 Å². The van der Waals surface area contributed by atoms with E-state index in [4.69, 9.17) is 11.6 Å². The third kappa shape index (κ3) is 3.89. The van der Waals surface area contributed by atoms with Crippen LogP contribution in [0.1, 0.15) is 41.9 Å². The van der Waals surface area contributed by atoms with Gasteiger partial charge < -0.3 is 5.32 Å². The van der Waals surface area contributed by atoms with Crippen LogP contribution in [0, 0.1) is 13.8 Å². The average Bonchev–Trinajstić information content (AvgIpc) is 2.70. The Bertz CT molecular complexity index is 679. The number of aryl methyl sites for hydroxylation is 2. The largest absolute Gasteiger partial charge is 0.350 e. The van der Waals surface area contributed by atoms with Crippen molar-refractivity contribution < 1.29 is 4.79 Å². The first-order chi connectivity index (χ1) is 10.4. The fourth-order valence-electron chi connectivity index (χ4n) is 2.59. The molecule has 0 saturated carbocycles. The molecule has 5 heteroatoms. The number of carbonyl (C=O) groups is 1. The Morgan fingerprint density at radius 2 is 2.14 bits per heavy atom. The van der Waals surface area contributed by atoms with E-state index in [0.717, 1.165) is 22.5 Å². The number of aromatic nitrogens is 2. The van der Waals surface area contributed by atoms with Crippen molar-refractivity contribution in [2.45, 2.75) is 39.7 Å². The van der Waals surface area contributed by atoms with Crippen LogP contribution in [0.5, 0.6) is 0 Å². The molecule has 0 bridgehead atoms. The van der Waals surface area contributed by atoms with E-state index in [9.17, 15) is 4.79 Å². The molecule has 1 unspecified atom stereocenters. The molecule has 0 saturated heterocycles. The molecule has 2 aromatic rings. The van der Waals surface area contributed by atoms with E-state index in [0.29, 0.717) is 17.9 Å². The van der Waals surface area contributed by atoms with Gasteiger partial charge in [-0.15, -0.1) is 0 Å². The first kappa shape index (κ1) is 16.6. The van der Waals surface area contributed by atoms with Crippen molar-refractivity contribution in [3.63, 3.8) is 0 Å². The number of nitrogens with one attached hydrogen (secondary N) is 1.